The van der Waals surface area contributed by atoms with Gasteiger partial charge in [-0.1, -0.05) is 30.1 Å². The van der Waals surface area contributed by atoms with Crippen molar-refractivity contribution in [2.45, 2.75) is 31.6 Å². The molecule has 2 aliphatic rings. The van der Waals surface area contributed by atoms with Crippen LogP contribution in [0.3, 0.4) is 0 Å². The molecule has 0 saturated carbocycles. The number of anilines is 1. The summed E-state index contributed by atoms with van der Waals surface area (Å²) in [7, 11) is 0. The van der Waals surface area contributed by atoms with E-state index in [1.165, 1.54) is 0 Å². The maximum Gasteiger partial charge on any atom is 0.237 e. The average Bonchev–Trinajstić information content (AvgIpc) is 2.98. The Kier molecular flexibility index (Phi) is 3.62. The molecule has 0 radical (unpaired) electrons. The van der Waals surface area contributed by atoms with Gasteiger partial charge in [0, 0.05) is 25.2 Å². The lowest BCUT2D eigenvalue weighted by Gasteiger charge is -2.22. The van der Waals surface area contributed by atoms with E-state index < -0.39 is 5.41 Å². The average molecular weight is 327 g/mol. The molecule has 2 aliphatic heterocycles. The van der Waals surface area contributed by atoms with Crippen LogP contribution in [0.25, 0.3) is 0 Å². The van der Waals surface area contributed by atoms with Gasteiger partial charge in [0.1, 0.15) is 0 Å². The smallest absolute Gasteiger partial charge is 0.237 e. The van der Waals surface area contributed by atoms with Crippen molar-refractivity contribution in [3.8, 4) is 0 Å². The largest absolute Gasteiger partial charge is 0.341 e. The standard InChI is InChI=1S/C15H16Cl2N2O2/c1-2-3-13(20)19-5-4-15(8-19)9-6-10(16)11(17)7-12(9)18-14(15)21/h6-7H,2-5,8H2,1H3,(H,18,21)/t15-/m1/s1. The third-order valence-corrected chi connectivity index (χ3v) is 5.07. The lowest BCUT2D eigenvalue weighted by molar-refractivity contribution is -0.130. The molecule has 2 amide bonds. The number of hydrogen-bond donors (Lipinski definition) is 1. The number of amides is 2. The summed E-state index contributed by atoms with van der Waals surface area (Å²) in [5.74, 6) is 0.0401. The van der Waals surface area contributed by atoms with E-state index in [0.717, 1.165) is 12.0 Å². The van der Waals surface area contributed by atoms with Crippen molar-refractivity contribution in [1.82, 2.24) is 4.90 Å². The van der Waals surface area contributed by atoms with E-state index in [-0.39, 0.29) is 11.8 Å². The van der Waals surface area contributed by atoms with Crippen molar-refractivity contribution in [2.24, 2.45) is 0 Å². The molecule has 1 spiro atoms. The van der Waals surface area contributed by atoms with E-state index >= 15 is 0 Å². The molecule has 112 valence electrons. The molecule has 6 heteroatoms. The van der Waals surface area contributed by atoms with E-state index in [2.05, 4.69) is 5.32 Å². The van der Waals surface area contributed by atoms with E-state index in [0.29, 0.717) is 41.7 Å². The predicted octanol–water partition coefficient (Wildman–Crippen LogP) is 3.22. The minimum atomic E-state index is -0.674. The Morgan fingerprint density at radius 2 is 2.10 bits per heavy atom. The number of benzene rings is 1. The molecule has 1 aromatic carbocycles. The van der Waals surface area contributed by atoms with Crippen LogP contribution in [0.2, 0.25) is 10.0 Å². The van der Waals surface area contributed by atoms with Gasteiger partial charge in [0.05, 0.1) is 15.5 Å². The van der Waals surface area contributed by atoms with Crippen LogP contribution in [0.1, 0.15) is 31.7 Å². The Morgan fingerprint density at radius 1 is 1.38 bits per heavy atom. The molecule has 1 atom stereocenters. The number of nitrogens with zero attached hydrogens (tertiary/aromatic N) is 1. The summed E-state index contributed by atoms with van der Waals surface area (Å²) in [5.41, 5.74) is 0.889. The molecule has 21 heavy (non-hydrogen) atoms. The van der Waals surface area contributed by atoms with Crippen LogP contribution in [0.15, 0.2) is 12.1 Å². The second-order valence-corrected chi connectivity index (χ2v) is 6.48. The number of halogens is 2. The zero-order valence-corrected chi connectivity index (χ0v) is 13.2. The quantitative estimate of drug-likeness (QED) is 0.907. The Bertz CT molecular complexity index is 632. The van der Waals surface area contributed by atoms with Crippen molar-refractivity contribution in [1.29, 1.82) is 0 Å². The van der Waals surface area contributed by atoms with Crippen LogP contribution < -0.4 is 5.32 Å². The fraction of sp³-hybridized carbons (Fsp3) is 0.467. The van der Waals surface area contributed by atoms with Crippen molar-refractivity contribution in [3.05, 3.63) is 27.7 Å². The van der Waals surface area contributed by atoms with Crippen LogP contribution in [0.5, 0.6) is 0 Å². The minimum Gasteiger partial charge on any atom is -0.341 e. The lowest BCUT2D eigenvalue weighted by Crippen LogP contribution is -2.39. The molecule has 0 unspecified atom stereocenters. The summed E-state index contributed by atoms with van der Waals surface area (Å²) in [6.45, 7) is 3.00. The van der Waals surface area contributed by atoms with Gasteiger partial charge in [-0.15, -0.1) is 0 Å². The van der Waals surface area contributed by atoms with E-state index in [9.17, 15) is 9.59 Å². The van der Waals surface area contributed by atoms with Gasteiger partial charge in [-0.05, 0) is 30.5 Å². The van der Waals surface area contributed by atoms with Crippen molar-refractivity contribution in [2.75, 3.05) is 18.4 Å². The summed E-state index contributed by atoms with van der Waals surface area (Å²) >= 11 is 12.1. The summed E-state index contributed by atoms with van der Waals surface area (Å²) < 4.78 is 0. The maximum absolute atomic E-state index is 12.5. The van der Waals surface area contributed by atoms with Gasteiger partial charge in [0.25, 0.3) is 0 Å². The number of carbonyl (C=O) groups is 2. The van der Waals surface area contributed by atoms with Gasteiger partial charge >= 0.3 is 0 Å². The normalized spacial score (nSPS) is 23.6. The predicted molar refractivity (Wildman–Crippen MR) is 82.9 cm³/mol. The van der Waals surface area contributed by atoms with Crippen LogP contribution in [-0.4, -0.2) is 29.8 Å². The first-order valence-electron chi connectivity index (χ1n) is 7.06. The molecular weight excluding hydrogens is 311 g/mol. The highest BCUT2D eigenvalue weighted by atomic mass is 35.5. The van der Waals surface area contributed by atoms with Crippen LogP contribution >= 0.6 is 23.2 Å². The molecule has 4 nitrogen and oxygen atoms in total. The molecule has 0 bridgehead atoms. The molecule has 3 rings (SSSR count). The first-order chi connectivity index (χ1) is 9.98. The van der Waals surface area contributed by atoms with Crippen LogP contribution in [-0.2, 0) is 15.0 Å². The van der Waals surface area contributed by atoms with Crippen LogP contribution in [0, 0.1) is 0 Å². The Balaban J connectivity index is 1.96. The summed E-state index contributed by atoms with van der Waals surface area (Å²) in [6, 6.07) is 3.44. The minimum absolute atomic E-state index is 0.0670. The first-order valence-corrected chi connectivity index (χ1v) is 7.82. The Labute approximate surface area is 133 Å². The molecule has 0 aliphatic carbocycles. The summed E-state index contributed by atoms with van der Waals surface area (Å²) in [6.07, 6.45) is 1.96. The van der Waals surface area contributed by atoms with E-state index in [4.69, 9.17) is 23.2 Å². The number of fused-ring (bicyclic) bond motifs is 2. The van der Waals surface area contributed by atoms with E-state index in [1.54, 1.807) is 17.0 Å². The Hall–Kier alpha value is -1.26. The zero-order chi connectivity index (χ0) is 15.2. The highest BCUT2D eigenvalue weighted by Gasteiger charge is 2.52. The first kappa shape index (κ1) is 14.7. The third kappa shape index (κ3) is 2.21. The number of likely N-dealkylation sites (tertiary alicyclic amines) is 1. The lowest BCUT2D eigenvalue weighted by atomic mass is 9.81. The topological polar surface area (TPSA) is 49.4 Å². The third-order valence-electron chi connectivity index (χ3n) is 4.34. The molecule has 0 aromatic heterocycles. The van der Waals surface area contributed by atoms with Crippen molar-refractivity contribution >= 4 is 40.7 Å². The molecule has 1 saturated heterocycles. The zero-order valence-electron chi connectivity index (χ0n) is 11.7. The Morgan fingerprint density at radius 3 is 2.81 bits per heavy atom. The number of hydrogen-bond acceptors (Lipinski definition) is 2. The van der Waals surface area contributed by atoms with Crippen molar-refractivity contribution < 1.29 is 9.59 Å². The van der Waals surface area contributed by atoms with E-state index in [1.807, 2.05) is 6.92 Å². The number of nitrogens with one attached hydrogen (secondary N) is 1. The highest BCUT2D eigenvalue weighted by molar-refractivity contribution is 6.42. The van der Waals surface area contributed by atoms with Gasteiger partial charge in [-0.3, -0.25) is 9.59 Å². The summed E-state index contributed by atoms with van der Waals surface area (Å²) in [4.78, 5) is 26.3. The molecule has 1 aromatic rings. The van der Waals surface area contributed by atoms with Crippen molar-refractivity contribution in [3.63, 3.8) is 0 Å². The molecule has 2 heterocycles. The summed E-state index contributed by atoms with van der Waals surface area (Å²) in [5, 5.41) is 3.73. The fourth-order valence-corrected chi connectivity index (χ4v) is 3.54. The maximum atomic E-state index is 12.5. The highest BCUT2D eigenvalue weighted by Crippen LogP contribution is 2.46. The molecule has 1 fully saturated rings. The monoisotopic (exact) mass is 326 g/mol. The van der Waals surface area contributed by atoms with Crippen LogP contribution in [0.4, 0.5) is 5.69 Å². The number of carbonyl (C=O) groups excluding carboxylic acids is 2. The van der Waals surface area contributed by atoms with Gasteiger partial charge in [-0.2, -0.15) is 0 Å². The second kappa shape index (κ2) is 5.18. The molecular formula is C15H16Cl2N2O2. The SMILES string of the molecule is CCCC(=O)N1CC[C@]2(C1)C(=O)Nc1cc(Cl)c(Cl)cc12. The fourth-order valence-electron chi connectivity index (χ4n) is 3.21. The van der Waals surface area contributed by atoms with Gasteiger partial charge < -0.3 is 10.2 Å². The van der Waals surface area contributed by atoms with Gasteiger partial charge in [0.15, 0.2) is 0 Å². The van der Waals surface area contributed by atoms with Gasteiger partial charge in [0.2, 0.25) is 11.8 Å². The van der Waals surface area contributed by atoms with Gasteiger partial charge in [-0.25, -0.2) is 0 Å². The number of rotatable bonds is 2. The second-order valence-electron chi connectivity index (χ2n) is 5.66. The molecule has 1 N–H and O–H groups in total.